The molecule has 0 aromatic carbocycles. The number of aryl methyl sites for hydroxylation is 1. The van der Waals surface area contributed by atoms with Crippen molar-refractivity contribution in [1.82, 2.24) is 15.0 Å². The smallest absolute Gasteiger partial charge is 0.313 e. The first-order valence-electron chi connectivity index (χ1n) is 5.23. The van der Waals surface area contributed by atoms with Gasteiger partial charge in [-0.3, -0.25) is 9.78 Å². The van der Waals surface area contributed by atoms with Crippen LogP contribution in [0.5, 0.6) is 0 Å². The number of rotatable bonds is 3. The average Bonchev–Trinajstić information content (AvgIpc) is 2.71. The van der Waals surface area contributed by atoms with Gasteiger partial charge in [0, 0.05) is 23.7 Å². The van der Waals surface area contributed by atoms with Crippen LogP contribution in [0, 0.1) is 6.92 Å². The van der Waals surface area contributed by atoms with Gasteiger partial charge in [0.15, 0.2) is 0 Å². The number of nitrogens with zero attached hydrogens (tertiary/aromatic N) is 2. The standard InChI is InChI=1S/C12H13N3O2/c1-8-12(9-4-3-5-13-7-9)15-10(14-8)6-11(16)17-2/h3-5,7H,6H2,1-2H3,(H,14,15). The summed E-state index contributed by atoms with van der Waals surface area (Å²) in [4.78, 5) is 22.6. The van der Waals surface area contributed by atoms with Crippen molar-refractivity contribution in [3.05, 3.63) is 36.0 Å². The lowest BCUT2D eigenvalue weighted by Crippen LogP contribution is -2.05. The Bertz CT molecular complexity index is 520. The van der Waals surface area contributed by atoms with Gasteiger partial charge >= 0.3 is 5.97 Å². The maximum atomic E-state index is 11.1. The summed E-state index contributed by atoms with van der Waals surface area (Å²) in [5.74, 6) is 0.296. The number of carbonyl (C=O) groups excluding carboxylic acids is 1. The van der Waals surface area contributed by atoms with Crippen molar-refractivity contribution in [1.29, 1.82) is 0 Å². The Morgan fingerprint density at radius 1 is 1.53 bits per heavy atom. The summed E-state index contributed by atoms with van der Waals surface area (Å²) in [6, 6.07) is 3.78. The van der Waals surface area contributed by atoms with Gasteiger partial charge in [0.05, 0.1) is 12.8 Å². The Morgan fingerprint density at radius 2 is 2.35 bits per heavy atom. The van der Waals surface area contributed by atoms with Crippen molar-refractivity contribution in [3.63, 3.8) is 0 Å². The summed E-state index contributed by atoms with van der Waals surface area (Å²) in [6.45, 7) is 1.91. The number of esters is 1. The Hall–Kier alpha value is -2.17. The fourth-order valence-electron chi connectivity index (χ4n) is 1.60. The fourth-order valence-corrected chi connectivity index (χ4v) is 1.60. The molecule has 0 spiro atoms. The van der Waals surface area contributed by atoms with Crippen molar-refractivity contribution >= 4 is 5.97 Å². The molecule has 88 valence electrons. The number of imidazole rings is 1. The van der Waals surface area contributed by atoms with Gasteiger partial charge in [0.25, 0.3) is 0 Å². The van der Waals surface area contributed by atoms with E-state index in [1.165, 1.54) is 7.11 Å². The summed E-state index contributed by atoms with van der Waals surface area (Å²) in [7, 11) is 1.36. The third-order valence-electron chi connectivity index (χ3n) is 2.41. The molecule has 0 atom stereocenters. The molecule has 1 N–H and O–H groups in total. The highest BCUT2D eigenvalue weighted by molar-refractivity contribution is 5.72. The van der Waals surface area contributed by atoms with Crippen molar-refractivity contribution < 1.29 is 9.53 Å². The molecular formula is C12H13N3O2. The number of pyridine rings is 1. The molecule has 2 rings (SSSR count). The second-order valence-corrected chi connectivity index (χ2v) is 3.65. The van der Waals surface area contributed by atoms with Crippen LogP contribution in [-0.2, 0) is 16.0 Å². The van der Waals surface area contributed by atoms with Crippen LogP contribution in [0.3, 0.4) is 0 Å². The molecule has 0 saturated heterocycles. The van der Waals surface area contributed by atoms with E-state index in [0.717, 1.165) is 17.0 Å². The number of aromatic nitrogens is 3. The van der Waals surface area contributed by atoms with Gasteiger partial charge < -0.3 is 9.72 Å². The third-order valence-corrected chi connectivity index (χ3v) is 2.41. The Balaban J connectivity index is 2.28. The van der Waals surface area contributed by atoms with Gasteiger partial charge in [0.2, 0.25) is 0 Å². The molecule has 0 saturated carbocycles. The molecule has 2 aromatic heterocycles. The Labute approximate surface area is 98.9 Å². The maximum absolute atomic E-state index is 11.1. The summed E-state index contributed by atoms with van der Waals surface area (Å²) in [5, 5.41) is 0. The first-order chi connectivity index (χ1) is 8.20. The molecule has 0 bridgehead atoms. The van der Waals surface area contributed by atoms with E-state index < -0.39 is 0 Å². The largest absolute Gasteiger partial charge is 0.469 e. The van der Waals surface area contributed by atoms with Crippen LogP contribution in [0.4, 0.5) is 0 Å². The van der Waals surface area contributed by atoms with E-state index in [1.807, 2.05) is 19.1 Å². The second kappa shape index (κ2) is 4.78. The molecule has 0 amide bonds. The summed E-state index contributed by atoms with van der Waals surface area (Å²) in [5.41, 5.74) is 2.66. The molecule has 2 aromatic rings. The van der Waals surface area contributed by atoms with Crippen LogP contribution in [-0.4, -0.2) is 28.0 Å². The fraction of sp³-hybridized carbons (Fsp3) is 0.250. The van der Waals surface area contributed by atoms with Crippen LogP contribution >= 0.6 is 0 Å². The molecule has 17 heavy (non-hydrogen) atoms. The molecule has 2 heterocycles. The maximum Gasteiger partial charge on any atom is 0.313 e. The quantitative estimate of drug-likeness (QED) is 0.813. The van der Waals surface area contributed by atoms with E-state index in [1.54, 1.807) is 12.4 Å². The lowest BCUT2D eigenvalue weighted by atomic mass is 10.2. The normalized spacial score (nSPS) is 10.2. The minimum atomic E-state index is -0.309. The molecule has 0 aliphatic carbocycles. The Morgan fingerprint density at radius 3 is 3.00 bits per heavy atom. The van der Waals surface area contributed by atoms with Crippen molar-refractivity contribution in [2.75, 3.05) is 7.11 Å². The van der Waals surface area contributed by atoms with E-state index in [4.69, 9.17) is 0 Å². The predicted octanol–water partition coefficient (Wildman–Crippen LogP) is 1.50. The van der Waals surface area contributed by atoms with Crippen molar-refractivity contribution in [3.8, 4) is 11.3 Å². The van der Waals surface area contributed by atoms with E-state index in [-0.39, 0.29) is 12.4 Å². The van der Waals surface area contributed by atoms with Gasteiger partial charge in [-0.1, -0.05) is 0 Å². The molecule has 5 nitrogen and oxygen atoms in total. The second-order valence-electron chi connectivity index (χ2n) is 3.65. The van der Waals surface area contributed by atoms with Gasteiger partial charge in [0.1, 0.15) is 12.2 Å². The molecule has 5 heteroatoms. The minimum absolute atomic E-state index is 0.150. The lowest BCUT2D eigenvalue weighted by Gasteiger charge is -1.96. The van der Waals surface area contributed by atoms with E-state index >= 15 is 0 Å². The third kappa shape index (κ3) is 2.50. The van der Waals surface area contributed by atoms with Crippen LogP contribution in [0.1, 0.15) is 11.5 Å². The first kappa shape index (κ1) is 11.3. The minimum Gasteiger partial charge on any atom is -0.469 e. The van der Waals surface area contributed by atoms with E-state index in [2.05, 4.69) is 19.7 Å². The van der Waals surface area contributed by atoms with Gasteiger partial charge in [-0.2, -0.15) is 0 Å². The highest BCUT2D eigenvalue weighted by Gasteiger charge is 2.11. The number of H-pyrrole nitrogens is 1. The van der Waals surface area contributed by atoms with Gasteiger partial charge in [-0.15, -0.1) is 0 Å². The summed E-state index contributed by atoms with van der Waals surface area (Å²) < 4.78 is 4.60. The lowest BCUT2D eigenvalue weighted by molar-refractivity contribution is -0.139. The van der Waals surface area contributed by atoms with Gasteiger partial charge in [-0.05, 0) is 19.1 Å². The average molecular weight is 231 g/mol. The number of aromatic amines is 1. The number of hydrogen-bond acceptors (Lipinski definition) is 4. The summed E-state index contributed by atoms with van der Waals surface area (Å²) in [6.07, 6.45) is 3.60. The number of methoxy groups -OCH3 is 1. The van der Waals surface area contributed by atoms with Gasteiger partial charge in [-0.25, -0.2) is 4.98 Å². The summed E-state index contributed by atoms with van der Waals surface area (Å²) >= 11 is 0. The zero-order valence-corrected chi connectivity index (χ0v) is 9.73. The topological polar surface area (TPSA) is 67.9 Å². The SMILES string of the molecule is COC(=O)Cc1nc(-c2cccnc2)c(C)[nH]1. The van der Waals surface area contributed by atoms with E-state index in [9.17, 15) is 4.79 Å². The molecule has 0 fully saturated rings. The molecular weight excluding hydrogens is 218 g/mol. The van der Waals surface area contributed by atoms with Crippen LogP contribution < -0.4 is 0 Å². The van der Waals surface area contributed by atoms with Crippen molar-refractivity contribution in [2.24, 2.45) is 0 Å². The monoisotopic (exact) mass is 231 g/mol. The van der Waals surface area contributed by atoms with Crippen LogP contribution in [0.25, 0.3) is 11.3 Å². The van der Waals surface area contributed by atoms with Crippen molar-refractivity contribution in [2.45, 2.75) is 13.3 Å². The highest BCUT2D eigenvalue weighted by atomic mass is 16.5. The number of ether oxygens (including phenoxy) is 1. The molecule has 0 aliphatic heterocycles. The highest BCUT2D eigenvalue weighted by Crippen LogP contribution is 2.19. The number of hydrogen-bond donors (Lipinski definition) is 1. The molecule has 0 unspecified atom stereocenters. The van der Waals surface area contributed by atoms with Crippen LogP contribution in [0.15, 0.2) is 24.5 Å². The molecule has 0 aliphatic rings. The number of nitrogens with one attached hydrogen (secondary N) is 1. The van der Waals surface area contributed by atoms with E-state index in [0.29, 0.717) is 5.82 Å². The van der Waals surface area contributed by atoms with Crippen LogP contribution in [0.2, 0.25) is 0 Å². The predicted molar refractivity (Wildman–Crippen MR) is 62.3 cm³/mol. The first-order valence-corrected chi connectivity index (χ1v) is 5.23. The molecule has 0 radical (unpaired) electrons. The Kier molecular flexibility index (Phi) is 3.18. The number of carbonyl (C=O) groups is 1. The zero-order chi connectivity index (χ0) is 12.3. The zero-order valence-electron chi connectivity index (χ0n) is 9.73.